The molecule has 4 heteroatoms. The lowest BCUT2D eigenvalue weighted by Crippen LogP contribution is -2.10. The first-order valence-electron chi connectivity index (χ1n) is 3.54. The van der Waals surface area contributed by atoms with Crippen LogP contribution in [-0.2, 0) is 4.79 Å². The van der Waals surface area contributed by atoms with Crippen LogP contribution >= 0.6 is 0 Å². The fourth-order valence-electron chi connectivity index (χ4n) is 0.685. The third-order valence-corrected chi connectivity index (χ3v) is 1.22. The second-order valence-corrected chi connectivity index (χ2v) is 2.40. The molecule has 0 aliphatic rings. The van der Waals surface area contributed by atoms with Crippen LogP contribution in [0, 0.1) is 0 Å². The van der Waals surface area contributed by atoms with Crippen LogP contribution in [0.25, 0.3) is 0 Å². The fourth-order valence-corrected chi connectivity index (χ4v) is 0.685. The topological polar surface area (TPSA) is 17.1 Å². The highest BCUT2D eigenvalue weighted by molar-refractivity contribution is 5.78. The Morgan fingerprint density at radius 3 is 2.18 bits per heavy atom. The first kappa shape index (κ1) is 10.5. The lowest BCUT2D eigenvalue weighted by atomic mass is 10.1. The molecule has 0 rings (SSSR count). The van der Waals surface area contributed by atoms with Crippen molar-refractivity contribution in [3.63, 3.8) is 0 Å². The van der Waals surface area contributed by atoms with Crippen molar-refractivity contribution >= 4 is 5.78 Å². The average molecular weight is 168 g/mol. The smallest absolute Gasteiger partial charge is 0.300 e. The van der Waals surface area contributed by atoms with Crippen LogP contribution in [0.4, 0.5) is 13.2 Å². The van der Waals surface area contributed by atoms with Crippen LogP contribution in [0.15, 0.2) is 0 Å². The van der Waals surface area contributed by atoms with Gasteiger partial charge in [0.1, 0.15) is 5.78 Å². The minimum absolute atomic E-state index is 0.260. The van der Waals surface area contributed by atoms with Crippen molar-refractivity contribution in [3.8, 4) is 0 Å². The van der Waals surface area contributed by atoms with Gasteiger partial charge in [-0.1, -0.05) is 6.92 Å². The molecule has 0 saturated carbocycles. The molecule has 0 saturated heterocycles. The SMILES string of the molecule is CCCC(=O)CCC(F)(F)F. The zero-order valence-electron chi connectivity index (χ0n) is 6.37. The van der Waals surface area contributed by atoms with Gasteiger partial charge in [0.05, 0.1) is 6.42 Å². The van der Waals surface area contributed by atoms with E-state index < -0.39 is 12.6 Å². The highest BCUT2D eigenvalue weighted by Gasteiger charge is 2.27. The van der Waals surface area contributed by atoms with Gasteiger partial charge in [0.2, 0.25) is 0 Å². The molecule has 0 aromatic rings. The predicted octanol–water partition coefficient (Wildman–Crippen LogP) is 2.70. The molecule has 0 amide bonds. The Kier molecular flexibility index (Phi) is 4.15. The summed E-state index contributed by atoms with van der Waals surface area (Å²) in [4.78, 5) is 10.6. The number of Topliss-reactive ketones (excluding diaryl/α,β-unsaturated/α-hetero) is 1. The molecule has 0 N–H and O–H groups in total. The quantitative estimate of drug-likeness (QED) is 0.630. The van der Waals surface area contributed by atoms with E-state index in [-0.39, 0.29) is 18.6 Å². The third kappa shape index (κ3) is 7.36. The molecule has 0 atom stereocenters. The summed E-state index contributed by atoms with van der Waals surface area (Å²) in [6.45, 7) is 1.77. The van der Waals surface area contributed by atoms with E-state index in [1.807, 2.05) is 0 Å². The summed E-state index contributed by atoms with van der Waals surface area (Å²) in [5.74, 6) is -0.301. The number of hydrogen-bond acceptors (Lipinski definition) is 1. The first-order chi connectivity index (χ1) is 4.95. The van der Waals surface area contributed by atoms with Crippen molar-refractivity contribution in [2.45, 2.75) is 38.8 Å². The molecule has 0 aliphatic heterocycles. The number of halogens is 3. The maximum absolute atomic E-state index is 11.5. The Morgan fingerprint density at radius 2 is 1.82 bits per heavy atom. The lowest BCUT2D eigenvalue weighted by molar-refractivity contribution is -0.143. The lowest BCUT2D eigenvalue weighted by Gasteiger charge is -2.03. The van der Waals surface area contributed by atoms with Crippen molar-refractivity contribution in [1.29, 1.82) is 0 Å². The van der Waals surface area contributed by atoms with Crippen LogP contribution in [0.5, 0.6) is 0 Å². The molecule has 0 fully saturated rings. The predicted molar refractivity (Wildman–Crippen MR) is 35.2 cm³/mol. The summed E-state index contributed by atoms with van der Waals surface area (Å²) in [7, 11) is 0. The monoisotopic (exact) mass is 168 g/mol. The summed E-state index contributed by atoms with van der Waals surface area (Å²) < 4.78 is 34.5. The van der Waals surface area contributed by atoms with Gasteiger partial charge in [-0.05, 0) is 6.42 Å². The summed E-state index contributed by atoms with van der Waals surface area (Å²) in [5.41, 5.74) is 0. The van der Waals surface area contributed by atoms with Crippen LogP contribution in [-0.4, -0.2) is 12.0 Å². The summed E-state index contributed by atoms with van der Waals surface area (Å²) >= 11 is 0. The van der Waals surface area contributed by atoms with Crippen molar-refractivity contribution in [1.82, 2.24) is 0 Å². The van der Waals surface area contributed by atoms with Crippen LogP contribution in [0.2, 0.25) is 0 Å². The molecule has 0 bridgehead atoms. The molecule has 0 aromatic heterocycles. The average Bonchev–Trinajstić information content (AvgIpc) is 1.83. The van der Waals surface area contributed by atoms with E-state index in [0.29, 0.717) is 6.42 Å². The molecule has 0 radical (unpaired) electrons. The van der Waals surface area contributed by atoms with Gasteiger partial charge < -0.3 is 0 Å². The zero-order valence-corrected chi connectivity index (χ0v) is 6.37. The number of alkyl halides is 3. The van der Waals surface area contributed by atoms with Crippen molar-refractivity contribution < 1.29 is 18.0 Å². The molecule has 0 aromatic carbocycles. The number of hydrogen-bond donors (Lipinski definition) is 0. The Bertz CT molecular complexity index is 128. The van der Waals surface area contributed by atoms with Crippen LogP contribution in [0.3, 0.4) is 0 Å². The fraction of sp³-hybridized carbons (Fsp3) is 0.857. The maximum atomic E-state index is 11.5. The van der Waals surface area contributed by atoms with Gasteiger partial charge in [-0.15, -0.1) is 0 Å². The molecule has 1 nitrogen and oxygen atoms in total. The van der Waals surface area contributed by atoms with Gasteiger partial charge in [0.15, 0.2) is 0 Å². The molecule has 66 valence electrons. The van der Waals surface area contributed by atoms with Gasteiger partial charge in [0, 0.05) is 12.8 Å². The molecular formula is C7H11F3O. The van der Waals surface area contributed by atoms with Gasteiger partial charge in [-0.2, -0.15) is 13.2 Å². The molecule has 0 spiro atoms. The molecule has 0 heterocycles. The molecule has 0 unspecified atom stereocenters. The van der Waals surface area contributed by atoms with Crippen LogP contribution < -0.4 is 0 Å². The highest BCUT2D eigenvalue weighted by Crippen LogP contribution is 2.21. The summed E-state index contributed by atoms with van der Waals surface area (Å²) in [6.07, 6.45) is -4.65. The van der Waals surface area contributed by atoms with Crippen molar-refractivity contribution in [2.24, 2.45) is 0 Å². The van der Waals surface area contributed by atoms with Crippen LogP contribution in [0.1, 0.15) is 32.6 Å². The Hall–Kier alpha value is -0.540. The second-order valence-electron chi connectivity index (χ2n) is 2.40. The molecule has 0 aliphatic carbocycles. The largest absolute Gasteiger partial charge is 0.389 e. The summed E-state index contributed by atoms with van der Waals surface area (Å²) in [5, 5.41) is 0. The Morgan fingerprint density at radius 1 is 1.27 bits per heavy atom. The number of carbonyl (C=O) groups excluding carboxylic acids is 1. The minimum Gasteiger partial charge on any atom is -0.300 e. The zero-order chi connectivity index (χ0) is 8.91. The van der Waals surface area contributed by atoms with E-state index >= 15 is 0 Å². The number of rotatable bonds is 4. The second kappa shape index (κ2) is 4.36. The van der Waals surface area contributed by atoms with Gasteiger partial charge in [0.25, 0.3) is 0 Å². The van der Waals surface area contributed by atoms with Crippen molar-refractivity contribution in [2.75, 3.05) is 0 Å². The number of carbonyl (C=O) groups is 1. The van der Waals surface area contributed by atoms with Crippen molar-refractivity contribution in [3.05, 3.63) is 0 Å². The first-order valence-corrected chi connectivity index (χ1v) is 3.54. The normalized spacial score (nSPS) is 11.6. The van der Waals surface area contributed by atoms with E-state index in [2.05, 4.69) is 0 Å². The number of ketones is 1. The maximum Gasteiger partial charge on any atom is 0.389 e. The van der Waals surface area contributed by atoms with Gasteiger partial charge in [-0.25, -0.2) is 0 Å². The van der Waals surface area contributed by atoms with Gasteiger partial charge >= 0.3 is 6.18 Å². The molecule has 11 heavy (non-hydrogen) atoms. The van der Waals surface area contributed by atoms with Gasteiger partial charge in [-0.3, -0.25) is 4.79 Å². The Balaban J connectivity index is 3.46. The molecular weight excluding hydrogens is 157 g/mol. The minimum atomic E-state index is -4.19. The Labute approximate surface area is 63.6 Å². The summed E-state index contributed by atoms with van der Waals surface area (Å²) in [6, 6.07) is 0. The van der Waals surface area contributed by atoms with E-state index in [4.69, 9.17) is 0 Å². The van der Waals surface area contributed by atoms with E-state index in [0.717, 1.165) is 0 Å². The standard InChI is InChI=1S/C7H11F3O/c1-2-3-6(11)4-5-7(8,9)10/h2-5H2,1H3. The highest BCUT2D eigenvalue weighted by atomic mass is 19.4. The third-order valence-electron chi connectivity index (χ3n) is 1.22. The van der Waals surface area contributed by atoms with E-state index in [1.165, 1.54) is 0 Å². The van der Waals surface area contributed by atoms with E-state index in [9.17, 15) is 18.0 Å². The van der Waals surface area contributed by atoms with E-state index in [1.54, 1.807) is 6.92 Å².